The maximum absolute atomic E-state index is 13.7. The second kappa shape index (κ2) is 5.38. The van der Waals surface area contributed by atoms with E-state index in [1.807, 2.05) is 0 Å². The molecule has 0 radical (unpaired) electrons. The SMILES string of the molecule is Cc1cc(-c2cc(F)ccc2F)nc(C(N)CO)n1. The predicted molar refractivity (Wildman–Crippen MR) is 66.1 cm³/mol. The fraction of sp³-hybridized carbons (Fsp3) is 0.231. The monoisotopic (exact) mass is 265 g/mol. The number of aliphatic hydroxyl groups is 1. The fourth-order valence-electron chi connectivity index (χ4n) is 1.67. The average Bonchev–Trinajstić information content (AvgIpc) is 2.39. The number of aliphatic hydroxyl groups excluding tert-OH is 1. The molecule has 19 heavy (non-hydrogen) atoms. The molecule has 4 nitrogen and oxygen atoms in total. The van der Waals surface area contributed by atoms with Crippen molar-refractivity contribution in [1.82, 2.24) is 9.97 Å². The quantitative estimate of drug-likeness (QED) is 0.886. The number of nitrogens with two attached hydrogens (primary N) is 1. The van der Waals surface area contributed by atoms with E-state index in [1.54, 1.807) is 6.92 Å². The maximum Gasteiger partial charge on any atom is 0.148 e. The minimum absolute atomic E-state index is 0.0388. The normalized spacial score (nSPS) is 12.5. The summed E-state index contributed by atoms with van der Waals surface area (Å²) in [4.78, 5) is 8.14. The molecule has 0 bridgehead atoms. The molecule has 0 aliphatic rings. The van der Waals surface area contributed by atoms with E-state index in [9.17, 15) is 8.78 Å². The third-order valence-corrected chi connectivity index (χ3v) is 2.60. The Bertz CT molecular complexity index is 604. The molecule has 2 aromatic rings. The molecule has 1 unspecified atom stereocenters. The van der Waals surface area contributed by atoms with Gasteiger partial charge in [0.15, 0.2) is 0 Å². The largest absolute Gasteiger partial charge is 0.394 e. The summed E-state index contributed by atoms with van der Waals surface area (Å²) in [6.45, 7) is 1.37. The van der Waals surface area contributed by atoms with Crippen molar-refractivity contribution in [2.75, 3.05) is 6.61 Å². The number of nitrogens with zero attached hydrogens (tertiary/aromatic N) is 2. The lowest BCUT2D eigenvalue weighted by atomic mass is 10.1. The van der Waals surface area contributed by atoms with E-state index in [0.717, 1.165) is 18.2 Å². The fourth-order valence-corrected chi connectivity index (χ4v) is 1.67. The van der Waals surface area contributed by atoms with Crippen molar-refractivity contribution in [1.29, 1.82) is 0 Å². The van der Waals surface area contributed by atoms with Gasteiger partial charge in [-0.15, -0.1) is 0 Å². The molecule has 3 N–H and O–H groups in total. The third kappa shape index (κ3) is 2.91. The zero-order valence-electron chi connectivity index (χ0n) is 10.3. The Morgan fingerprint density at radius 3 is 2.68 bits per heavy atom. The number of hydrogen-bond acceptors (Lipinski definition) is 4. The van der Waals surface area contributed by atoms with Gasteiger partial charge in [0.25, 0.3) is 0 Å². The lowest BCUT2D eigenvalue weighted by Crippen LogP contribution is -2.18. The molecule has 0 saturated heterocycles. The highest BCUT2D eigenvalue weighted by molar-refractivity contribution is 5.60. The molecule has 0 amide bonds. The summed E-state index contributed by atoms with van der Waals surface area (Å²) in [5.41, 5.74) is 6.48. The number of rotatable bonds is 3. The van der Waals surface area contributed by atoms with Crippen LogP contribution in [0.3, 0.4) is 0 Å². The summed E-state index contributed by atoms with van der Waals surface area (Å²) in [5.74, 6) is -0.940. The van der Waals surface area contributed by atoms with E-state index in [4.69, 9.17) is 10.8 Å². The van der Waals surface area contributed by atoms with Gasteiger partial charge in [0.2, 0.25) is 0 Å². The van der Waals surface area contributed by atoms with Crippen LogP contribution in [0.5, 0.6) is 0 Å². The molecule has 2 rings (SSSR count). The number of aromatic nitrogens is 2. The second-order valence-corrected chi connectivity index (χ2v) is 4.17. The Labute approximate surface area is 108 Å². The molecule has 0 aliphatic heterocycles. The smallest absolute Gasteiger partial charge is 0.148 e. The zero-order chi connectivity index (χ0) is 14.0. The van der Waals surface area contributed by atoms with Crippen LogP contribution in [0.1, 0.15) is 17.6 Å². The van der Waals surface area contributed by atoms with Crippen LogP contribution in [0.4, 0.5) is 8.78 Å². The van der Waals surface area contributed by atoms with Crippen molar-refractivity contribution >= 4 is 0 Å². The summed E-state index contributed by atoms with van der Waals surface area (Å²) in [5, 5.41) is 9.00. The van der Waals surface area contributed by atoms with Gasteiger partial charge in [-0.1, -0.05) is 0 Å². The van der Waals surface area contributed by atoms with Crippen molar-refractivity contribution < 1.29 is 13.9 Å². The predicted octanol–water partition coefficient (Wildman–Crippen LogP) is 1.72. The van der Waals surface area contributed by atoms with Crippen LogP contribution in [0.15, 0.2) is 24.3 Å². The first-order valence-corrected chi connectivity index (χ1v) is 5.68. The van der Waals surface area contributed by atoms with Gasteiger partial charge in [0, 0.05) is 11.3 Å². The molecule has 100 valence electrons. The molecule has 0 saturated carbocycles. The van der Waals surface area contributed by atoms with E-state index in [0.29, 0.717) is 5.69 Å². The lowest BCUT2D eigenvalue weighted by Gasteiger charge is -2.10. The zero-order valence-corrected chi connectivity index (χ0v) is 10.3. The Hall–Kier alpha value is -1.92. The summed E-state index contributed by atoms with van der Waals surface area (Å²) in [6.07, 6.45) is 0. The lowest BCUT2D eigenvalue weighted by molar-refractivity contribution is 0.263. The molecule has 1 aromatic carbocycles. The molecule has 1 heterocycles. The van der Waals surface area contributed by atoms with Gasteiger partial charge < -0.3 is 10.8 Å². The van der Waals surface area contributed by atoms with E-state index in [1.165, 1.54) is 6.07 Å². The van der Waals surface area contributed by atoms with Crippen LogP contribution in [0, 0.1) is 18.6 Å². The molecule has 0 fully saturated rings. The van der Waals surface area contributed by atoms with Gasteiger partial charge in [0.1, 0.15) is 17.5 Å². The van der Waals surface area contributed by atoms with Crippen LogP contribution < -0.4 is 5.73 Å². The maximum atomic E-state index is 13.7. The average molecular weight is 265 g/mol. The van der Waals surface area contributed by atoms with E-state index in [-0.39, 0.29) is 23.7 Å². The van der Waals surface area contributed by atoms with Crippen molar-refractivity contribution in [3.05, 3.63) is 47.4 Å². The summed E-state index contributed by atoms with van der Waals surface area (Å²) in [7, 11) is 0. The van der Waals surface area contributed by atoms with Crippen molar-refractivity contribution in [3.8, 4) is 11.3 Å². The number of hydrogen-bond donors (Lipinski definition) is 2. The van der Waals surface area contributed by atoms with Gasteiger partial charge >= 0.3 is 0 Å². The minimum atomic E-state index is -0.754. The standard InChI is InChI=1S/C13H13F2N3O/c1-7-4-12(18-13(17-7)11(16)6-19)9-5-8(14)2-3-10(9)15/h2-5,11,19H,6,16H2,1H3. The molecule has 6 heteroatoms. The molecule has 0 aliphatic carbocycles. The van der Waals surface area contributed by atoms with Crippen LogP contribution in [0.2, 0.25) is 0 Å². The van der Waals surface area contributed by atoms with Gasteiger partial charge in [-0.05, 0) is 31.2 Å². The molecule has 1 aromatic heterocycles. The summed E-state index contributed by atoms with van der Waals surface area (Å²) in [6, 6.07) is 3.91. The van der Waals surface area contributed by atoms with Crippen LogP contribution >= 0.6 is 0 Å². The highest BCUT2D eigenvalue weighted by Crippen LogP contribution is 2.23. The Morgan fingerprint density at radius 1 is 1.26 bits per heavy atom. The van der Waals surface area contributed by atoms with Crippen LogP contribution in [-0.2, 0) is 0 Å². The van der Waals surface area contributed by atoms with Gasteiger partial charge in [-0.3, -0.25) is 0 Å². The van der Waals surface area contributed by atoms with Gasteiger partial charge in [0.05, 0.1) is 18.3 Å². The molecular formula is C13H13F2N3O. The first-order chi connectivity index (χ1) is 9.01. The highest BCUT2D eigenvalue weighted by Gasteiger charge is 2.14. The first-order valence-electron chi connectivity index (χ1n) is 5.68. The summed E-state index contributed by atoms with van der Waals surface area (Å²) >= 11 is 0. The highest BCUT2D eigenvalue weighted by atomic mass is 19.1. The topological polar surface area (TPSA) is 72.0 Å². The Morgan fingerprint density at radius 2 is 2.00 bits per heavy atom. The number of halogens is 2. The van der Waals surface area contributed by atoms with Crippen molar-refractivity contribution in [3.63, 3.8) is 0 Å². The van der Waals surface area contributed by atoms with E-state index >= 15 is 0 Å². The second-order valence-electron chi connectivity index (χ2n) is 4.17. The van der Waals surface area contributed by atoms with Gasteiger partial charge in [-0.2, -0.15) is 0 Å². The number of aryl methyl sites for hydroxylation is 1. The Kier molecular flexibility index (Phi) is 3.82. The summed E-state index contributed by atoms with van der Waals surface area (Å²) < 4.78 is 26.9. The van der Waals surface area contributed by atoms with E-state index < -0.39 is 17.7 Å². The van der Waals surface area contributed by atoms with Crippen molar-refractivity contribution in [2.45, 2.75) is 13.0 Å². The minimum Gasteiger partial charge on any atom is -0.394 e. The molecular weight excluding hydrogens is 252 g/mol. The van der Waals surface area contributed by atoms with Crippen molar-refractivity contribution in [2.24, 2.45) is 5.73 Å². The Balaban J connectivity index is 2.56. The van der Waals surface area contributed by atoms with E-state index in [2.05, 4.69) is 9.97 Å². The number of benzene rings is 1. The molecule has 0 spiro atoms. The van der Waals surface area contributed by atoms with Crippen LogP contribution in [-0.4, -0.2) is 21.7 Å². The third-order valence-electron chi connectivity index (χ3n) is 2.60. The van der Waals surface area contributed by atoms with Crippen LogP contribution in [0.25, 0.3) is 11.3 Å². The van der Waals surface area contributed by atoms with Gasteiger partial charge in [-0.25, -0.2) is 18.7 Å². The molecule has 1 atom stereocenters. The first kappa shape index (κ1) is 13.5.